The fraction of sp³-hybridized carbons (Fsp3) is 0.478. The minimum atomic E-state index is -3.57. The van der Waals surface area contributed by atoms with E-state index in [0.29, 0.717) is 50.3 Å². The number of rotatable bonds is 7. The van der Waals surface area contributed by atoms with Gasteiger partial charge in [0.05, 0.1) is 4.90 Å². The molecule has 166 valence electrons. The van der Waals surface area contributed by atoms with E-state index in [0.717, 1.165) is 30.2 Å². The molecule has 0 spiro atoms. The molecule has 2 aliphatic heterocycles. The molecule has 0 unspecified atom stereocenters. The Morgan fingerprint density at radius 3 is 2.48 bits per heavy atom. The van der Waals surface area contributed by atoms with Crippen LogP contribution in [0.4, 0.5) is 0 Å². The monoisotopic (exact) mass is 443 g/mol. The first-order valence-corrected chi connectivity index (χ1v) is 12.4. The minimum Gasteiger partial charge on any atom is -0.356 e. The van der Waals surface area contributed by atoms with Crippen LogP contribution in [0.15, 0.2) is 47.4 Å². The molecule has 7 nitrogen and oxygen atoms in total. The maximum absolute atomic E-state index is 13.1. The van der Waals surface area contributed by atoms with Crippen molar-refractivity contribution in [3.05, 3.63) is 42.5 Å². The lowest BCUT2D eigenvalue weighted by atomic mass is 9.97. The molecular weight excluding hydrogens is 414 g/mol. The van der Waals surface area contributed by atoms with Gasteiger partial charge in [-0.3, -0.25) is 9.59 Å². The summed E-state index contributed by atoms with van der Waals surface area (Å²) in [6.45, 7) is 2.72. The summed E-state index contributed by atoms with van der Waals surface area (Å²) in [4.78, 5) is 26.2. The zero-order chi connectivity index (χ0) is 21.8. The minimum absolute atomic E-state index is 0.0181. The van der Waals surface area contributed by atoms with Crippen LogP contribution in [0.1, 0.15) is 32.1 Å². The molecule has 0 atom stereocenters. The molecule has 2 aromatic carbocycles. The highest BCUT2D eigenvalue weighted by Gasteiger charge is 2.32. The predicted molar refractivity (Wildman–Crippen MR) is 119 cm³/mol. The molecule has 2 fully saturated rings. The molecular formula is C23H29N3O4S. The quantitative estimate of drug-likeness (QED) is 0.666. The topological polar surface area (TPSA) is 86.8 Å². The highest BCUT2D eigenvalue weighted by Crippen LogP contribution is 2.26. The normalized spacial score (nSPS) is 18.6. The summed E-state index contributed by atoms with van der Waals surface area (Å²) in [6, 6.07) is 12.9. The van der Waals surface area contributed by atoms with Gasteiger partial charge in [-0.15, -0.1) is 0 Å². The van der Waals surface area contributed by atoms with Gasteiger partial charge >= 0.3 is 0 Å². The first-order valence-electron chi connectivity index (χ1n) is 11.0. The summed E-state index contributed by atoms with van der Waals surface area (Å²) in [5.41, 5.74) is 0. The van der Waals surface area contributed by atoms with Gasteiger partial charge in [-0.1, -0.05) is 30.3 Å². The van der Waals surface area contributed by atoms with Gasteiger partial charge in [-0.05, 0) is 48.6 Å². The standard InChI is InChI=1S/C23H29N3O4S/c27-22-7-3-13-25(22)14-4-12-24-23(28)19-10-15-26(16-11-19)31(29,30)21-9-8-18-5-1-2-6-20(18)17-21/h1-2,5-6,8-9,17,19H,3-4,7,10-16H2,(H,24,28). The Hall–Kier alpha value is -2.45. The molecule has 2 heterocycles. The Bertz CT molecular complexity index is 1060. The Balaban J connectivity index is 1.27. The van der Waals surface area contributed by atoms with Crippen molar-refractivity contribution in [1.82, 2.24) is 14.5 Å². The molecule has 1 N–H and O–H groups in total. The number of nitrogens with one attached hydrogen (secondary N) is 1. The van der Waals surface area contributed by atoms with Crippen LogP contribution in [0.3, 0.4) is 0 Å². The first-order chi connectivity index (χ1) is 14.9. The summed E-state index contributed by atoms with van der Waals surface area (Å²) in [5.74, 6) is 0.0123. The van der Waals surface area contributed by atoms with Crippen molar-refractivity contribution in [3.63, 3.8) is 0 Å². The van der Waals surface area contributed by atoms with Gasteiger partial charge in [0.25, 0.3) is 0 Å². The number of fused-ring (bicyclic) bond motifs is 1. The number of carbonyl (C=O) groups excluding carboxylic acids is 2. The molecule has 0 radical (unpaired) electrons. The lowest BCUT2D eigenvalue weighted by Crippen LogP contribution is -2.43. The highest BCUT2D eigenvalue weighted by atomic mass is 32.2. The van der Waals surface area contributed by atoms with Crippen LogP contribution in [0, 0.1) is 5.92 Å². The average Bonchev–Trinajstić information content (AvgIpc) is 3.21. The van der Waals surface area contributed by atoms with Crippen molar-refractivity contribution in [2.24, 2.45) is 5.92 Å². The molecule has 8 heteroatoms. The van der Waals surface area contributed by atoms with Gasteiger partial charge in [-0.25, -0.2) is 8.42 Å². The van der Waals surface area contributed by atoms with Crippen LogP contribution in [0.2, 0.25) is 0 Å². The van der Waals surface area contributed by atoms with E-state index in [1.165, 1.54) is 4.31 Å². The largest absolute Gasteiger partial charge is 0.356 e. The third-order valence-electron chi connectivity index (χ3n) is 6.26. The van der Waals surface area contributed by atoms with E-state index in [-0.39, 0.29) is 17.7 Å². The molecule has 0 bridgehead atoms. The highest BCUT2D eigenvalue weighted by molar-refractivity contribution is 7.89. The Morgan fingerprint density at radius 1 is 1.03 bits per heavy atom. The van der Waals surface area contributed by atoms with Gasteiger partial charge in [0, 0.05) is 45.1 Å². The number of piperidine rings is 1. The van der Waals surface area contributed by atoms with Gasteiger partial charge in [-0.2, -0.15) is 4.31 Å². The summed E-state index contributed by atoms with van der Waals surface area (Å²) >= 11 is 0. The number of carbonyl (C=O) groups is 2. The van der Waals surface area contributed by atoms with Crippen molar-refractivity contribution in [2.75, 3.05) is 32.7 Å². The van der Waals surface area contributed by atoms with E-state index >= 15 is 0 Å². The van der Waals surface area contributed by atoms with E-state index in [9.17, 15) is 18.0 Å². The lowest BCUT2D eigenvalue weighted by molar-refractivity contribution is -0.127. The van der Waals surface area contributed by atoms with E-state index in [1.807, 2.05) is 35.2 Å². The average molecular weight is 444 g/mol. The number of amides is 2. The fourth-order valence-corrected chi connectivity index (χ4v) is 5.91. The van der Waals surface area contributed by atoms with Gasteiger partial charge in [0.15, 0.2) is 0 Å². The van der Waals surface area contributed by atoms with E-state index in [4.69, 9.17) is 0 Å². The summed E-state index contributed by atoms with van der Waals surface area (Å²) in [5, 5.41) is 4.85. The first kappa shape index (κ1) is 21.8. The van der Waals surface area contributed by atoms with Crippen LogP contribution in [0.25, 0.3) is 10.8 Å². The lowest BCUT2D eigenvalue weighted by Gasteiger charge is -2.30. The van der Waals surface area contributed by atoms with E-state index in [1.54, 1.807) is 12.1 Å². The van der Waals surface area contributed by atoms with Crippen molar-refractivity contribution >= 4 is 32.6 Å². The number of hydrogen-bond donors (Lipinski definition) is 1. The van der Waals surface area contributed by atoms with Gasteiger partial charge < -0.3 is 10.2 Å². The Kier molecular flexibility index (Phi) is 6.57. The zero-order valence-corrected chi connectivity index (χ0v) is 18.4. The van der Waals surface area contributed by atoms with Crippen LogP contribution >= 0.6 is 0 Å². The summed E-state index contributed by atoms with van der Waals surface area (Å²) in [6.07, 6.45) is 3.33. The Labute approximate surface area is 183 Å². The molecule has 0 aliphatic carbocycles. The maximum Gasteiger partial charge on any atom is 0.243 e. The van der Waals surface area contributed by atoms with Crippen molar-refractivity contribution < 1.29 is 18.0 Å². The second-order valence-electron chi connectivity index (χ2n) is 8.32. The number of sulfonamides is 1. The van der Waals surface area contributed by atoms with Crippen molar-refractivity contribution in [1.29, 1.82) is 0 Å². The van der Waals surface area contributed by atoms with Crippen LogP contribution in [0.5, 0.6) is 0 Å². The van der Waals surface area contributed by atoms with Gasteiger partial charge in [0.2, 0.25) is 21.8 Å². The van der Waals surface area contributed by atoms with Crippen molar-refractivity contribution in [2.45, 2.75) is 37.0 Å². The number of nitrogens with zero attached hydrogens (tertiary/aromatic N) is 2. The molecule has 2 amide bonds. The molecule has 31 heavy (non-hydrogen) atoms. The van der Waals surface area contributed by atoms with Crippen LogP contribution in [-0.2, 0) is 19.6 Å². The molecule has 4 rings (SSSR count). The van der Waals surface area contributed by atoms with Crippen LogP contribution in [-0.4, -0.2) is 62.2 Å². The predicted octanol–water partition coefficient (Wildman–Crippen LogP) is 2.37. The van der Waals surface area contributed by atoms with Crippen molar-refractivity contribution in [3.8, 4) is 0 Å². The molecule has 2 saturated heterocycles. The summed E-state index contributed by atoms with van der Waals surface area (Å²) in [7, 11) is -3.57. The van der Waals surface area contributed by atoms with Crippen LogP contribution < -0.4 is 5.32 Å². The maximum atomic E-state index is 13.1. The zero-order valence-electron chi connectivity index (χ0n) is 17.6. The second-order valence-corrected chi connectivity index (χ2v) is 10.3. The third kappa shape index (κ3) is 4.91. The number of hydrogen-bond acceptors (Lipinski definition) is 4. The molecule has 2 aromatic rings. The Morgan fingerprint density at radius 2 is 1.77 bits per heavy atom. The molecule has 0 saturated carbocycles. The smallest absolute Gasteiger partial charge is 0.243 e. The second kappa shape index (κ2) is 9.36. The number of likely N-dealkylation sites (tertiary alicyclic amines) is 1. The SMILES string of the molecule is O=C(NCCCN1CCCC1=O)C1CCN(S(=O)(=O)c2ccc3ccccc3c2)CC1. The summed E-state index contributed by atoms with van der Waals surface area (Å²) < 4.78 is 27.6. The van der Waals surface area contributed by atoms with Gasteiger partial charge in [0.1, 0.15) is 0 Å². The van der Waals surface area contributed by atoms with E-state index < -0.39 is 10.0 Å². The fourth-order valence-electron chi connectivity index (χ4n) is 4.40. The van der Waals surface area contributed by atoms with E-state index in [2.05, 4.69) is 5.32 Å². The third-order valence-corrected chi connectivity index (χ3v) is 8.15. The number of benzene rings is 2. The molecule has 0 aromatic heterocycles. The molecule has 2 aliphatic rings.